The van der Waals surface area contributed by atoms with Crippen molar-refractivity contribution < 1.29 is 4.74 Å². The van der Waals surface area contributed by atoms with Crippen molar-refractivity contribution in [1.82, 2.24) is 5.32 Å². The predicted octanol–water partition coefficient (Wildman–Crippen LogP) is 4.02. The van der Waals surface area contributed by atoms with Crippen molar-refractivity contribution >= 4 is 11.6 Å². The number of methoxy groups -OCH3 is 1. The first-order chi connectivity index (χ1) is 8.63. The van der Waals surface area contributed by atoms with E-state index < -0.39 is 0 Å². The highest BCUT2D eigenvalue weighted by molar-refractivity contribution is 6.30. The van der Waals surface area contributed by atoms with Gasteiger partial charge in [-0.1, -0.05) is 32.4 Å². The Balaban J connectivity index is 3.22. The molecular weight excluding hydrogens is 246 g/mol. The molecule has 0 saturated heterocycles. The molecule has 0 aliphatic heterocycles. The first-order valence-electron chi connectivity index (χ1n) is 6.68. The molecule has 1 N–H and O–H groups in total. The van der Waals surface area contributed by atoms with Crippen LogP contribution in [-0.2, 0) is 5.41 Å². The Hall–Kier alpha value is -0.730. The minimum atomic E-state index is 0.0895. The van der Waals surface area contributed by atoms with Gasteiger partial charge in [-0.05, 0) is 37.6 Å². The van der Waals surface area contributed by atoms with Crippen LogP contribution >= 0.6 is 11.6 Å². The van der Waals surface area contributed by atoms with E-state index in [0.717, 1.165) is 36.7 Å². The van der Waals surface area contributed by atoms with Gasteiger partial charge in [0.25, 0.3) is 0 Å². The van der Waals surface area contributed by atoms with E-state index in [1.165, 1.54) is 5.56 Å². The van der Waals surface area contributed by atoms with Gasteiger partial charge in [0, 0.05) is 22.5 Å². The van der Waals surface area contributed by atoms with Crippen molar-refractivity contribution in [2.45, 2.75) is 39.0 Å². The molecule has 3 heteroatoms. The molecule has 0 aliphatic rings. The second-order valence-corrected chi connectivity index (χ2v) is 5.05. The smallest absolute Gasteiger partial charge is 0.122 e. The molecule has 18 heavy (non-hydrogen) atoms. The highest BCUT2D eigenvalue weighted by Crippen LogP contribution is 2.38. The summed E-state index contributed by atoms with van der Waals surface area (Å²) in [5, 5.41) is 4.23. The fourth-order valence-corrected chi connectivity index (χ4v) is 2.61. The molecule has 0 bridgehead atoms. The van der Waals surface area contributed by atoms with E-state index in [1.807, 2.05) is 18.2 Å². The van der Waals surface area contributed by atoms with E-state index >= 15 is 0 Å². The zero-order chi connectivity index (χ0) is 13.6. The molecule has 0 atom stereocenters. The maximum atomic E-state index is 6.15. The summed E-state index contributed by atoms with van der Waals surface area (Å²) in [7, 11) is 1.72. The van der Waals surface area contributed by atoms with Crippen molar-refractivity contribution in [1.29, 1.82) is 0 Å². The monoisotopic (exact) mass is 269 g/mol. The predicted molar refractivity (Wildman–Crippen MR) is 78.8 cm³/mol. The number of hydrogen-bond donors (Lipinski definition) is 1. The Morgan fingerprint density at radius 2 is 1.89 bits per heavy atom. The van der Waals surface area contributed by atoms with Crippen molar-refractivity contribution in [3.05, 3.63) is 28.8 Å². The van der Waals surface area contributed by atoms with Crippen LogP contribution in [0, 0.1) is 0 Å². The molecule has 0 aliphatic carbocycles. The van der Waals surface area contributed by atoms with Crippen LogP contribution in [-0.4, -0.2) is 20.2 Å². The van der Waals surface area contributed by atoms with Gasteiger partial charge in [0.15, 0.2) is 0 Å². The summed E-state index contributed by atoms with van der Waals surface area (Å²) in [6, 6.07) is 5.89. The fraction of sp³-hybridized carbons (Fsp3) is 0.600. The normalized spacial score (nSPS) is 11.6. The second kappa shape index (κ2) is 7.01. The summed E-state index contributed by atoms with van der Waals surface area (Å²) in [5.41, 5.74) is 1.30. The molecular formula is C15H24ClNO. The lowest BCUT2D eigenvalue weighted by molar-refractivity contribution is 0.342. The average molecular weight is 270 g/mol. The maximum Gasteiger partial charge on any atom is 0.122 e. The van der Waals surface area contributed by atoms with E-state index in [-0.39, 0.29) is 5.41 Å². The SMILES string of the molecule is CCNCC(CC)(CC)c1cc(Cl)ccc1OC. The highest BCUT2D eigenvalue weighted by atomic mass is 35.5. The van der Waals surface area contributed by atoms with Crippen LogP contribution in [0.15, 0.2) is 18.2 Å². The molecule has 102 valence electrons. The van der Waals surface area contributed by atoms with Crippen molar-refractivity contribution in [2.75, 3.05) is 20.2 Å². The Morgan fingerprint density at radius 1 is 1.22 bits per heavy atom. The first kappa shape index (κ1) is 15.3. The molecule has 0 unspecified atom stereocenters. The minimum Gasteiger partial charge on any atom is -0.496 e. The Morgan fingerprint density at radius 3 is 2.39 bits per heavy atom. The van der Waals surface area contributed by atoms with E-state index in [2.05, 4.69) is 26.1 Å². The number of halogens is 1. The van der Waals surface area contributed by atoms with E-state index in [1.54, 1.807) is 7.11 Å². The Kier molecular flexibility index (Phi) is 5.97. The number of nitrogens with one attached hydrogen (secondary N) is 1. The lowest BCUT2D eigenvalue weighted by Gasteiger charge is -2.34. The standard InChI is InChI=1S/C15H24ClNO/c1-5-15(6-2,11-17-7-3)13-10-12(16)8-9-14(13)18-4/h8-10,17H,5-7,11H2,1-4H3. The molecule has 0 heterocycles. The molecule has 0 radical (unpaired) electrons. The Labute approximate surface area is 116 Å². The van der Waals surface area contributed by atoms with Gasteiger partial charge in [0.1, 0.15) is 5.75 Å². The van der Waals surface area contributed by atoms with Gasteiger partial charge >= 0.3 is 0 Å². The highest BCUT2D eigenvalue weighted by Gasteiger charge is 2.31. The van der Waals surface area contributed by atoms with Crippen LogP contribution in [0.2, 0.25) is 5.02 Å². The van der Waals surface area contributed by atoms with Crippen molar-refractivity contribution in [3.8, 4) is 5.75 Å². The van der Waals surface area contributed by atoms with Gasteiger partial charge in [0.05, 0.1) is 7.11 Å². The lowest BCUT2D eigenvalue weighted by atomic mass is 9.75. The summed E-state index contributed by atoms with van der Waals surface area (Å²) in [6.45, 7) is 8.51. The zero-order valence-corrected chi connectivity index (χ0v) is 12.6. The molecule has 0 amide bonds. The van der Waals surface area contributed by atoms with Crippen LogP contribution in [0.4, 0.5) is 0 Å². The number of likely N-dealkylation sites (N-methyl/N-ethyl adjacent to an activating group) is 1. The van der Waals surface area contributed by atoms with Gasteiger partial charge in [-0.15, -0.1) is 0 Å². The minimum absolute atomic E-state index is 0.0895. The molecule has 1 aromatic rings. The van der Waals surface area contributed by atoms with Crippen molar-refractivity contribution in [2.24, 2.45) is 0 Å². The summed E-state index contributed by atoms with van der Waals surface area (Å²) in [5.74, 6) is 0.931. The second-order valence-electron chi connectivity index (χ2n) is 4.61. The zero-order valence-electron chi connectivity index (χ0n) is 11.8. The van der Waals surface area contributed by atoms with Gasteiger partial charge in [0.2, 0.25) is 0 Å². The van der Waals surface area contributed by atoms with Crippen LogP contribution < -0.4 is 10.1 Å². The summed E-state index contributed by atoms with van der Waals surface area (Å²) in [4.78, 5) is 0. The van der Waals surface area contributed by atoms with E-state index in [0.29, 0.717) is 0 Å². The maximum absolute atomic E-state index is 6.15. The topological polar surface area (TPSA) is 21.3 Å². The fourth-order valence-electron chi connectivity index (χ4n) is 2.44. The molecule has 1 aromatic carbocycles. The molecule has 1 rings (SSSR count). The molecule has 0 fully saturated rings. The third-order valence-electron chi connectivity index (χ3n) is 3.80. The molecule has 0 aromatic heterocycles. The van der Waals surface area contributed by atoms with Crippen LogP contribution in [0.1, 0.15) is 39.2 Å². The van der Waals surface area contributed by atoms with Crippen LogP contribution in [0.5, 0.6) is 5.75 Å². The van der Waals surface area contributed by atoms with Gasteiger partial charge in [-0.2, -0.15) is 0 Å². The number of hydrogen-bond acceptors (Lipinski definition) is 2. The number of ether oxygens (including phenoxy) is 1. The van der Waals surface area contributed by atoms with Crippen LogP contribution in [0.3, 0.4) is 0 Å². The third-order valence-corrected chi connectivity index (χ3v) is 4.03. The first-order valence-corrected chi connectivity index (χ1v) is 7.06. The largest absolute Gasteiger partial charge is 0.496 e. The Bertz CT molecular complexity index is 375. The summed E-state index contributed by atoms with van der Waals surface area (Å²) >= 11 is 6.15. The summed E-state index contributed by atoms with van der Waals surface area (Å²) < 4.78 is 5.50. The van der Waals surface area contributed by atoms with Gasteiger partial charge < -0.3 is 10.1 Å². The van der Waals surface area contributed by atoms with Crippen LogP contribution in [0.25, 0.3) is 0 Å². The number of benzene rings is 1. The molecule has 2 nitrogen and oxygen atoms in total. The van der Waals surface area contributed by atoms with E-state index in [9.17, 15) is 0 Å². The van der Waals surface area contributed by atoms with Gasteiger partial charge in [-0.25, -0.2) is 0 Å². The third kappa shape index (κ3) is 3.18. The van der Waals surface area contributed by atoms with E-state index in [4.69, 9.17) is 16.3 Å². The summed E-state index contributed by atoms with van der Waals surface area (Å²) in [6.07, 6.45) is 2.13. The quantitative estimate of drug-likeness (QED) is 0.807. The lowest BCUT2D eigenvalue weighted by Crippen LogP contribution is -2.37. The molecule has 0 spiro atoms. The number of rotatable bonds is 7. The molecule has 0 saturated carbocycles. The van der Waals surface area contributed by atoms with Gasteiger partial charge in [-0.3, -0.25) is 0 Å². The van der Waals surface area contributed by atoms with Crippen molar-refractivity contribution in [3.63, 3.8) is 0 Å². The average Bonchev–Trinajstić information content (AvgIpc) is 2.41.